The number of carbonyl (C=O) groups is 1. The van der Waals surface area contributed by atoms with Crippen molar-refractivity contribution in [1.82, 2.24) is 10.1 Å². The molecule has 1 aromatic carbocycles. The van der Waals surface area contributed by atoms with Crippen LogP contribution in [-0.4, -0.2) is 22.5 Å². The Balaban J connectivity index is 1.77. The predicted octanol–water partition coefficient (Wildman–Crippen LogP) is 3.88. The molecule has 0 radical (unpaired) electrons. The van der Waals surface area contributed by atoms with Crippen LogP contribution in [0.15, 0.2) is 40.9 Å². The minimum atomic E-state index is -0.000215. The highest BCUT2D eigenvalue weighted by Crippen LogP contribution is 2.34. The first kappa shape index (κ1) is 15.8. The lowest BCUT2D eigenvalue weighted by molar-refractivity contribution is -0.136. The number of hydrogen-bond donors (Lipinski definition) is 0. The fourth-order valence-electron chi connectivity index (χ4n) is 3.22. The molecule has 0 bridgehead atoms. The minimum absolute atomic E-state index is 0.000215. The van der Waals surface area contributed by atoms with Gasteiger partial charge in [0.25, 0.3) is 0 Å². The Morgan fingerprint density at radius 3 is 2.70 bits per heavy atom. The number of amides is 1. The molecule has 2 aromatic rings. The van der Waals surface area contributed by atoms with E-state index in [1.165, 1.54) is 5.56 Å². The van der Waals surface area contributed by atoms with Gasteiger partial charge in [-0.05, 0) is 12.0 Å². The first-order valence-corrected chi connectivity index (χ1v) is 8.27. The third kappa shape index (κ3) is 3.31. The van der Waals surface area contributed by atoms with Crippen LogP contribution in [0, 0.1) is 0 Å². The second kappa shape index (κ2) is 6.19. The highest BCUT2D eigenvalue weighted by molar-refractivity contribution is 5.77. The van der Waals surface area contributed by atoms with E-state index in [1.54, 1.807) is 0 Å². The molecular formula is C19H24N2O2. The first-order chi connectivity index (χ1) is 11.0. The zero-order valence-corrected chi connectivity index (χ0v) is 14.1. The van der Waals surface area contributed by atoms with Gasteiger partial charge in [0, 0.05) is 30.4 Å². The van der Waals surface area contributed by atoms with Gasteiger partial charge in [0.2, 0.25) is 5.91 Å². The monoisotopic (exact) mass is 312 g/mol. The molecule has 1 atom stereocenters. The third-order valence-corrected chi connectivity index (χ3v) is 4.75. The van der Waals surface area contributed by atoms with Crippen LogP contribution in [0.5, 0.6) is 0 Å². The average Bonchev–Trinajstić information content (AvgIpc) is 3.01. The summed E-state index contributed by atoms with van der Waals surface area (Å²) in [6.45, 7) is 7.63. The number of rotatable bonds is 4. The summed E-state index contributed by atoms with van der Waals surface area (Å²) in [7, 11) is 0. The molecule has 1 aliphatic rings. The minimum Gasteiger partial charge on any atom is -0.361 e. The SMILES string of the molecule is CC(C)c1cc(CN2CC(C)(c3ccccc3)CCC2=O)no1. The number of likely N-dealkylation sites (tertiary alicyclic amines) is 1. The van der Waals surface area contributed by atoms with E-state index in [2.05, 4.69) is 50.2 Å². The van der Waals surface area contributed by atoms with E-state index in [0.717, 1.165) is 24.4 Å². The fraction of sp³-hybridized carbons (Fsp3) is 0.474. The second-order valence-corrected chi connectivity index (χ2v) is 7.05. The van der Waals surface area contributed by atoms with Gasteiger partial charge in [-0.3, -0.25) is 4.79 Å². The van der Waals surface area contributed by atoms with Gasteiger partial charge >= 0.3 is 0 Å². The highest BCUT2D eigenvalue weighted by atomic mass is 16.5. The quantitative estimate of drug-likeness (QED) is 0.860. The number of nitrogens with zero attached hydrogens (tertiary/aromatic N) is 2. The molecule has 23 heavy (non-hydrogen) atoms. The zero-order chi connectivity index (χ0) is 16.4. The predicted molar refractivity (Wildman–Crippen MR) is 89.0 cm³/mol. The van der Waals surface area contributed by atoms with Crippen molar-refractivity contribution in [2.75, 3.05) is 6.54 Å². The van der Waals surface area contributed by atoms with Gasteiger partial charge in [0.05, 0.1) is 6.54 Å². The van der Waals surface area contributed by atoms with Gasteiger partial charge < -0.3 is 9.42 Å². The largest absolute Gasteiger partial charge is 0.361 e. The maximum atomic E-state index is 12.3. The van der Waals surface area contributed by atoms with Gasteiger partial charge in [-0.2, -0.15) is 0 Å². The number of piperidine rings is 1. The zero-order valence-electron chi connectivity index (χ0n) is 14.1. The summed E-state index contributed by atoms with van der Waals surface area (Å²) >= 11 is 0. The van der Waals surface area contributed by atoms with Crippen molar-refractivity contribution in [3.8, 4) is 0 Å². The van der Waals surface area contributed by atoms with Crippen LogP contribution in [0.4, 0.5) is 0 Å². The van der Waals surface area contributed by atoms with E-state index >= 15 is 0 Å². The van der Waals surface area contributed by atoms with Gasteiger partial charge in [0.1, 0.15) is 11.5 Å². The normalized spacial score (nSPS) is 21.9. The van der Waals surface area contributed by atoms with E-state index in [4.69, 9.17) is 4.52 Å². The van der Waals surface area contributed by atoms with Gasteiger partial charge in [-0.15, -0.1) is 0 Å². The van der Waals surface area contributed by atoms with Crippen LogP contribution in [-0.2, 0) is 16.8 Å². The Morgan fingerprint density at radius 2 is 2.04 bits per heavy atom. The molecule has 1 aromatic heterocycles. The van der Waals surface area contributed by atoms with Crippen molar-refractivity contribution >= 4 is 5.91 Å². The topological polar surface area (TPSA) is 46.3 Å². The van der Waals surface area contributed by atoms with Crippen molar-refractivity contribution < 1.29 is 9.32 Å². The lowest BCUT2D eigenvalue weighted by atomic mass is 9.75. The first-order valence-electron chi connectivity index (χ1n) is 8.27. The summed E-state index contributed by atoms with van der Waals surface area (Å²) in [5, 5.41) is 4.12. The maximum absolute atomic E-state index is 12.3. The molecule has 0 aliphatic carbocycles. The lowest BCUT2D eigenvalue weighted by Crippen LogP contribution is -2.47. The third-order valence-electron chi connectivity index (χ3n) is 4.75. The Hall–Kier alpha value is -2.10. The van der Waals surface area contributed by atoms with Gasteiger partial charge in [-0.25, -0.2) is 0 Å². The molecule has 0 N–H and O–H groups in total. The van der Waals surface area contributed by atoms with Crippen molar-refractivity contribution in [1.29, 1.82) is 0 Å². The molecule has 3 rings (SSSR count). The Labute approximate surface area is 137 Å². The van der Waals surface area contributed by atoms with E-state index < -0.39 is 0 Å². The molecule has 1 saturated heterocycles. The summed E-state index contributed by atoms with van der Waals surface area (Å²) in [4.78, 5) is 14.2. The molecule has 122 valence electrons. The summed E-state index contributed by atoms with van der Waals surface area (Å²) in [5.74, 6) is 1.38. The molecule has 1 amide bonds. The van der Waals surface area contributed by atoms with Gasteiger partial charge in [0.15, 0.2) is 0 Å². The molecule has 0 saturated carbocycles. The highest BCUT2D eigenvalue weighted by Gasteiger charge is 2.36. The van der Waals surface area contributed by atoms with Crippen molar-refractivity contribution in [2.24, 2.45) is 0 Å². The Morgan fingerprint density at radius 1 is 1.30 bits per heavy atom. The molecule has 1 aliphatic heterocycles. The summed E-state index contributed by atoms with van der Waals surface area (Å²) < 4.78 is 5.35. The van der Waals surface area contributed by atoms with E-state index in [9.17, 15) is 4.79 Å². The van der Waals surface area contributed by atoms with E-state index in [0.29, 0.717) is 18.9 Å². The number of aromatic nitrogens is 1. The maximum Gasteiger partial charge on any atom is 0.222 e. The second-order valence-electron chi connectivity index (χ2n) is 7.05. The number of benzene rings is 1. The number of hydrogen-bond acceptors (Lipinski definition) is 3. The standard InChI is InChI=1S/C19H24N2O2/c1-14(2)17-11-16(20-23-17)12-21-13-19(3,10-9-18(21)22)15-7-5-4-6-8-15/h4-8,11,14H,9-10,12-13H2,1-3H3. The van der Waals surface area contributed by atoms with E-state index in [1.807, 2.05) is 17.0 Å². The molecule has 0 spiro atoms. The van der Waals surface area contributed by atoms with Crippen molar-refractivity contribution in [3.05, 3.63) is 53.4 Å². The molecule has 2 heterocycles. The molecule has 1 fully saturated rings. The van der Waals surface area contributed by atoms with Crippen LogP contribution in [0.3, 0.4) is 0 Å². The smallest absolute Gasteiger partial charge is 0.222 e. The summed E-state index contributed by atoms with van der Waals surface area (Å²) in [6.07, 6.45) is 1.47. The summed E-state index contributed by atoms with van der Waals surface area (Å²) in [5.41, 5.74) is 2.12. The fourth-order valence-corrected chi connectivity index (χ4v) is 3.22. The van der Waals surface area contributed by atoms with Crippen LogP contribution in [0.25, 0.3) is 0 Å². The van der Waals surface area contributed by atoms with E-state index in [-0.39, 0.29) is 11.3 Å². The molecule has 1 unspecified atom stereocenters. The molecular weight excluding hydrogens is 288 g/mol. The molecule has 4 nitrogen and oxygen atoms in total. The lowest BCUT2D eigenvalue weighted by Gasteiger charge is -2.40. The number of carbonyl (C=O) groups excluding carboxylic acids is 1. The Kier molecular flexibility index (Phi) is 4.24. The van der Waals surface area contributed by atoms with Crippen molar-refractivity contribution in [2.45, 2.75) is 51.5 Å². The Bertz CT molecular complexity index is 678. The molecule has 4 heteroatoms. The van der Waals surface area contributed by atoms with Crippen molar-refractivity contribution in [3.63, 3.8) is 0 Å². The van der Waals surface area contributed by atoms with Crippen LogP contribution in [0.2, 0.25) is 0 Å². The average molecular weight is 312 g/mol. The van der Waals surface area contributed by atoms with Crippen LogP contribution >= 0.6 is 0 Å². The summed E-state index contributed by atoms with van der Waals surface area (Å²) in [6, 6.07) is 12.4. The van der Waals surface area contributed by atoms with Gasteiger partial charge in [-0.1, -0.05) is 56.3 Å². The van der Waals surface area contributed by atoms with Crippen LogP contribution < -0.4 is 0 Å². The van der Waals surface area contributed by atoms with Crippen LogP contribution in [0.1, 0.15) is 56.5 Å².